The van der Waals surface area contributed by atoms with Gasteiger partial charge in [-0.15, -0.1) is 0 Å². The molecule has 0 nitrogen and oxygen atoms in total. The summed E-state index contributed by atoms with van der Waals surface area (Å²) in [7, 11) is 0. The van der Waals surface area contributed by atoms with Crippen LogP contribution in [0.25, 0.3) is 0 Å². The molecule has 0 N–H and O–H groups in total. The van der Waals surface area contributed by atoms with E-state index in [2.05, 4.69) is 31.9 Å². The van der Waals surface area contributed by atoms with Crippen LogP contribution in [0.5, 0.6) is 0 Å². The molecule has 0 amide bonds. The first kappa shape index (κ1) is 13.4. The van der Waals surface area contributed by atoms with Gasteiger partial charge in [0.15, 0.2) is 0 Å². The summed E-state index contributed by atoms with van der Waals surface area (Å²) in [6.45, 7) is 0. The molecule has 1 atom stereocenters. The summed E-state index contributed by atoms with van der Waals surface area (Å²) in [4.78, 5) is -0.757. The Morgan fingerprint density at radius 1 is 1.23 bits per heavy atom. The van der Waals surface area contributed by atoms with Crippen LogP contribution in [0.4, 0.5) is 22.0 Å². The number of rotatable bonds is 4. The zero-order valence-electron chi connectivity index (χ0n) is 6.14. The molecule has 13 heavy (non-hydrogen) atoms. The number of allylic oxidation sites excluding steroid dienone is 1. The Bertz CT molecular complexity index is 199. The quantitative estimate of drug-likeness (QED) is 0.533. The van der Waals surface area contributed by atoms with Gasteiger partial charge in [-0.2, -0.15) is 22.0 Å². The van der Waals surface area contributed by atoms with Gasteiger partial charge in [0.1, 0.15) is 0 Å². The van der Waals surface area contributed by atoms with Crippen LogP contribution in [-0.4, -0.2) is 16.1 Å². The van der Waals surface area contributed by atoms with E-state index >= 15 is 0 Å². The molecule has 0 aromatic heterocycles. The minimum Gasteiger partial charge on any atom is -0.199 e. The van der Waals surface area contributed by atoms with E-state index < -0.39 is 29.1 Å². The van der Waals surface area contributed by atoms with Crippen molar-refractivity contribution in [3.05, 3.63) is 11.9 Å². The fourth-order valence-electron chi connectivity index (χ4n) is 0.561. The third-order valence-corrected chi connectivity index (χ3v) is 3.43. The maximum Gasteiger partial charge on any atom is 0.307 e. The van der Waals surface area contributed by atoms with Crippen molar-refractivity contribution in [1.82, 2.24) is 0 Å². The first-order chi connectivity index (χ1) is 5.81. The van der Waals surface area contributed by atoms with Gasteiger partial charge in [-0.1, -0.05) is 31.9 Å². The molecular weight excluding hydrogens is 327 g/mol. The van der Waals surface area contributed by atoms with Gasteiger partial charge in [0.2, 0.25) is 5.83 Å². The molecular formula is C6H5Br2F5. The van der Waals surface area contributed by atoms with E-state index in [4.69, 9.17) is 0 Å². The first-order valence-corrected chi connectivity index (χ1v) is 5.14. The average Bonchev–Trinajstić information content (AvgIpc) is 2.01. The Balaban J connectivity index is 4.49. The molecule has 0 aromatic rings. The van der Waals surface area contributed by atoms with Crippen molar-refractivity contribution >= 4 is 31.9 Å². The standard InChI is InChI=1S/C6H5Br2F5/c7-2-3(8)1-6(12,13)4(9)5(10)11/h3H,1-2H2. The summed E-state index contributed by atoms with van der Waals surface area (Å²) >= 11 is 5.62. The average molecular weight is 332 g/mol. The fraction of sp³-hybridized carbons (Fsp3) is 0.667. The molecule has 0 spiro atoms. The normalized spacial score (nSPS) is 14.1. The Morgan fingerprint density at radius 3 is 2.00 bits per heavy atom. The fourth-order valence-corrected chi connectivity index (χ4v) is 1.20. The van der Waals surface area contributed by atoms with E-state index in [1.165, 1.54) is 0 Å². The van der Waals surface area contributed by atoms with Gasteiger partial charge in [0, 0.05) is 16.6 Å². The van der Waals surface area contributed by atoms with E-state index in [1.807, 2.05) is 0 Å². The molecule has 0 aromatic carbocycles. The Labute approximate surface area is 88.4 Å². The zero-order valence-corrected chi connectivity index (χ0v) is 9.31. The Hall–Kier alpha value is 0.350. The molecule has 0 rings (SSSR count). The smallest absolute Gasteiger partial charge is 0.199 e. The van der Waals surface area contributed by atoms with Crippen molar-refractivity contribution in [2.24, 2.45) is 0 Å². The topological polar surface area (TPSA) is 0 Å². The van der Waals surface area contributed by atoms with Crippen molar-refractivity contribution in [2.75, 3.05) is 5.33 Å². The van der Waals surface area contributed by atoms with Crippen LogP contribution >= 0.6 is 31.9 Å². The van der Waals surface area contributed by atoms with E-state index in [1.54, 1.807) is 0 Å². The van der Waals surface area contributed by atoms with Crippen LogP contribution in [0.2, 0.25) is 0 Å². The summed E-state index contributed by atoms with van der Waals surface area (Å²) in [6.07, 6.45) is -3.99. The third kappa shape index (κ3) is 4.39. The van der Waals surface area contributed by atoms with Crippen molar-refractivity contribution in [1.29, 1.82) is 0 Å². The molecule has 0 saturated heterocycles. The summed E-state index contributed by atoms with van der Waals surface area (Å²) in [5, 5.41) is 0.129. The van der Waals surface area contributed by atoms with Gasteiger partial charge < -0.3 is 0 Å². The number of hydrogen-bond donors (Lipinski definition) is 0. The van der Waals surface area contributed by atoms with Gasteiger partial charge in [0.25, 0.3) is 0 Å². The molecule has 1 unspecified atom stereocenters. The molecule has 0 aliphatic rings. The van der Waals surface area contributed by atoms with Crippen LogP contribution < -0.4 is 0 Å². The second kappa shape index (κ2) is 5.29. The van der Waals surface area contributed by atoms with Crippen LogP contribution in [0.3, 0.4) is 0 Å². The minimum atomic E-state index is -4.11. The largest absolute Gasteiger partial charge is 0.307 e. The molecule has 0 saturated carbocycles. The van der Waals surface area contributed by atoms with E-state index in [9.17, 15) is 22.0 Å². The highest BCUT2D eigenvalue weighted by Gasteiger charge is 2.40. The van der Waals surface area contributed by atoms with Gasteiger partial charge in [-0.3, -0.25) is 0 Å². The van der Waals surface area contributed by atoms with Crippen molar-refractivity contribution in [2.45, 2.75) is 17.2 Å². The highest BCUT2D eigenvalue weighted by atomic mass is 79.9. The van der Waals surface area contributed by atoms with Crippen LogP contribution in [0.1, 0.15) is 6.42 Å². The van der Waals surface area contributed by atoms with Crippen LogP contribution in [-0.2, 0) is 0 Å². The summed E-state index contributed by atoms with van der Waals surface area (Å²) < 4.78 is 60.2. The number of alkyl halides is 4. The maximum atomic E-state index is 12.5. The Kier molecular flexibility index (Phi) is 5.43. The second-order valence-electron chi connectivity index (χ2n) is 2.23. The minimum absolute atomic E-state index is 0.129. The molecule has 0 heterocycles. The maximum absolute atomic E-state index is 12.5. The predicted molar refractivity (Wildman–Crippen MR) is 46.4 cm³/mol. The third-order valence-electron chi connectivity index (χ3n) is 1.13. The lowest BCUT2D eigenvalue weighted by Crippen LogP contribution is -2.23. The summed E-state index contributed by atoms with van der Waals surface area (Å²) in [6, 6.07) is 0. The molecule has 0 fully saturated rings. The highest BCUT2D eigenvalue weighted by molar-refractivity contribution is 9.12. The van der Waals surface area contributed by atoms with E-state index in [-0.39, 0.29) is 5.33 Å². The highest BCUT2D eigenvalue weighted by Crippen LogP contribution is 2.35. The monoisotopic (exact) mass is 330 g/mol. The molecule has 0 bridgehead atoms. The lowest BCUT2D eigenvalue weighted by Gasteiger charge is -2.15. The lowest BCUT2D eigenvalue weighted by molar-refractivity contribution is 0.00390. The number of hydrogen-bond acceptors (Lipinski definition) is 0. The van der Waals surface area contributed by atoms with E-state index in [0.29, 0.717) is 0 Å². The molecule has 78 valence electrons. The van der Waals surface area contributed by atoms with Crippen LogP contribution in [0.15, 0.2) is 11.9 Å². The molecule has 0 aliphatic carbocycles. The van der Waals surface area contributed by atoms with Crippen molar-refractivity contribution < 1.29 is 22.0 Å². The molecule has 7 heteroatoms. The first-order valence-electron chi connectivity index (χ1n) is 3.10. The van der Waals surface area contributed by atoms with Crippen molar-refractivity contribution in [3.8, 4) is 0 Å². The molecule has 0 aliphatic heterocycles. The summed E-state index contributed by atoms with van der Waals surface area (Å²) in [5.41, 5.74) is 0. The van der Waals surface area contributed by atoms with Crippen molar-refractivity contribution in [3.63, 3.8) is 0 Å². The summed E-state index contributed by atoms with van der Waals surface area (Å²) in [5.74, 6) is -6.77. The SMILES string of the molecule is FC(F)=C(F)C(F)(F)CC(Br)CBr. The lowest BCUT2D eigenvalue weighted by atomic mass is 10.2. The zero-order chi connectivity index (χ0) is 10.6. The number of halogens is 7. The van der Waals surface area contributed by atoms with Gasteiger partial charge >= 0.3 is 12.0 Å². The Morgan fingerprint density at radius 2 is 1.69 bits per heavy atom. The van der Waals surface area contributed by atoms with Crippen LogP contribution in [0, 0.1) is 0 Å². The van der Waals surface area contributed by atoms with Gasteiger partial charge in [-0.25, -0.2) is 0 Å². The van der Waals surface area contributed by atoms with Gasteiger partial charge in [0.05, 0.1) is 0 Å². The molecule has 0 radical (unpaired) electrons. The second-order valence-corrected chi connectivity index (χ2v) is 4.18. The predicted octanol–water partition coefficient (Wildman–Crippen LogP) is 4.25. The van der Waals surface area contributed by atoms with Gasteiger partial charge in [-0.05, 0) is 0 Å². The van der Waals surface area contributed by atoms with E-state index in [0.717, 1.165) is 0 Å².